The molecule has 2 aromatic carbocycles. The van der Waals surface area contributed by atoms with E-state index in [2.05, 4.69) is 11.0 Å². The van der Waals surface area contributed by atoms with Crippen molar-refractivity contribution in [3.8, 4) is 6.07 Å². The lowest BCUT2D eigenvalue weighted by Crippen LogP contribution is -2.49. The zero-order valence-corrected chi connectivity index (χ0v) is 15.9. The summed E-state index contributed by atoms with van der Waals surface area (Å²) in [5.74, 6) is 0.0465. The van der Waals surface area contributed by atoms with E-state index in [1.165, 1.54) is 6.92 Å². The Morgan fingerprint density at radius 1 is 1.07 bits per heavy atom. The van der Waals surface area contributed by atoms with Gasteiger partial charge in [-0.1, -0.05) is 23.7 Å². The van der Waals surface area contributed by atoms with E-state index in [-0.39, 0.29) is 11.7 Å². The number of hydrogen-bond donors (Lipinski definition) is 0. The van der Waals surface area contributed by atoms with E-state index in [1.807, 2.05) is 17.0 Å². The molecule has 0 aromatic heterocycles. The number of benzene rings is 2. The number of hydrogen-bond acceptors (Lipinski definition) is 4. The van der Waals surface area contributed by atoms with Crippen LogP contribution >= 0.6 is 11.6 Å². The second kappa shape index (κ2) is 8.24. The zero-order valence-electron chi connectivity index (χ0n) is 15.1. The molecule has 0 aliphatic carbocycles. The lowest BCUT2D eigenvalue weighted by molar-refractivity contribution is -0.130. The zero-order chi connectivity index (χ0) is 19.4. The van der Waals surface area contributed by atoms with Gasteiger partial charge < -0.3 is 9.80 Å². The molecule has 0 unspecified atom stereocenters. The number of amides is 1. The molecular formula is C21H20ClN3O2. The summed E-state index contributed by atoms with van der Waals surface area (Å²) in [6, 6.07) is 14.5. The molecule has 1 fully saturated rings. The molecule has 27 heavy (non-hydrogen) atoms. The molecule has 6 heteroatoms. The summed E-state index contributed by atoms with van der Waals surface area (Å²) in [6.45, 7) is 3.95. The molecule has 0 bridgehead atoms. The van der Waals surface area contributed by atoms with Gasteiger partial charge in [0.05, 0.1) is 18.1 Å². The molecule has 1 saturated heterocycles. The van der Waals surface area contributed by atoms with Crippen LogP contribution in [0.25, 0.3) is 0 Å². The first kappa shape index (κ1) is 18.9. The first-order valence-corrected chi connectivity index (χ1v) is 9.18. The van der Waals surface area contributed by atoms with Crippen molar-refractivity contribution in [1.82, 2.24) is 4.90 Å². The predicted octanol–water partition coefficient (Wildman–Crippen LogP) is 3.31. The van der Waals surface area contributed by atoms with E-state index in [0.717, 1.165) is 11.3 Å². The number of rotatable bonds is 4. The molecule has 5 nitrogen and oxygen atoms in total. The summed E-state index contributed by atoms with van der Waals surface area (Å²) in [5.41, 5.74) is 2.84. The standard InChI is InChI=1S/C21H20ClN3O2/c1-15(26)19-7-4-17(14-23)12-20(19)24-8-10-25(11-9-24)21(27)13-16-2-5-18(22)6-3-16/h2-7,12H,8-11,13H2,1H3. The minimum atomic E-state index is -0.0317. The average molecular weight is 382 g/mol. The van der Waals surface area contributed by atoms with Crippen LogP contribution in [0.2, 0.25) is 5.02 Å². The van der Waals surface area contributed by atoms with Gasteiger partial charge >= 0.3 is 0 Å². The fourth-order valence-electron chi connectivity index (χ4n) is 3.25. The first-order chi connectivity index (χ1) is 13.0. The molecule has 138 valence electrons. The summed E-state index contributed by atoms with van der Waals surface area (Å²) in [5, 5.41) is 9.80. The lowest BCUT2D eigenvalue weighted by Gasteiger charge is -2.37. The molecule has 0 spiro atoms. The molecule has 0 atom stereocenters. The number of nitriles is 1. The van der Waals surface area contributed by atoms with E-state index in [0.29, 0.717) is 48.7 Å². The molecule has 1 heterocycles. The lowest BCUT2D eigenvalue weighted by atomic mass is 10.0. The Hall–Kier alpha value is -2.84. The Morgan fingerprint density at radius 3 is 2.33 bits per heavy atom. The van der Waals surface area contributed by atoms with Crippen LogP contribution in [0.3, 0.4) is 0 Å². The molecule has 1 amide bonds. The molecular weight excluding hydrogens is 362 g/mol. The van der Waals surface area contributed by atoms with Crippen LogP contribution in [0, 0.1) is 11.3 Å². The van der Waals surface area contributed by atoms with Gasteiger partial charge in [-0.15, -0.1) is 0 Å². The highest BCUT2D eigenvalue weighted by Crippen LogP contribution is 2.24. The second-order valence-corrected chi connectivity index (χ2v) is 7.01. The maximum absolute atomic E-state index is 12.5. The number of carbonyl (C=O) groups is 2. The summed E-state index contributed by atoms with van der Waals surface area (Å²) in [7, 11) is 0. The molecule has 3 rings (SSSR count). The molecule has 1 aliphatic heterocycles. The van der Waals surface area contributed by atoms with Crippen molar-refractivity contribution in [1.29, 1.82) is 5.26 Å². The topological polar surface area (TPSA) is 64.4 Å². The number of ketones is 1. The Kier molecular flexibility index (Phi) is 5.78. The van der Waals surface area contributed by atoms with Crippen LogP contribution in [0.4, 0.5) is 5.69 Å². The monoisotopic (exact) mass is 381 g/mol. The summed E-state index contributed by atoms with van der Waals surface area (Å²) in [4.78, 5) is 28.4. The van der Waals surface area contributed by atoms with Gasteiger partial charge in [-0.3, -0.25) is 9.59 Å². The van der Waals surface area contributed by atoms with E-state index < -0.39 is 0 Å². The highest BCUT2D eigenvalue weighted by molar-refractivity contribution is 6.30. The summed E-state index contributed by atoms with van der Waals surface area (Å²) in [6.07, 6.45) is 0.347. The van der Waals surface area contributed by atoms with Gasteiger partial charge in [-0.25, -0.2) is 0 Å². The van der Waals surface area contributed by atoms with Crippen LogP contribution in [-0.4, -0.2) is 42.8 Å². The van der Waals surface area contributed by atoms with Crippen molar-refractivity contribution in [3.63, 3.8) is 0 Å². The van der Waals surface area contributed by atoms with Crippen molar-refractivity contribution in [2.45, 2.75) is 13.3 Å². The van der Waals surface area contributed by atoms with Crippen LogP contribution in [0.15, 0.2) is 42.5 Å². The van der Waals surface area contributed by atoms with Gasteiger partial charge in [-0.2, -0.15) is 5.26 Å². The van der Waals surface area contributed by atoms with Crippen molar-refractivity contribution in [2.24, 2.45) is 0 Å². The molecule has 0 N–H and O–H groups in total. The van der Waals surface area contributed by atoms with Gasteiger partial charge in [0.25, 0.3) is 0 Å². The van der Waals surface area contributed by atoms with Crippen molar-refractivity contribution < 1.29 is 9.59 Å². The first-order valence-electron chi connectivity index (χ1n) is 8.80. The largest absolute Gasteiger partial charge is 0.367 e. The van der Waals surface area contributed by atoms with Gasteiger partial charge in [0, 0.05) is 42.5 Å². The van der Waals surface area contributed by atoms with Gasteiger partial charge in [0.2, 0.25) is 5.91 Å². The van der Waals surface area contributed by atoms with Crippen LogP contribution < -0.4 is 4.90 Å². The van der Waals surface area contributed by atoms with Crippen molar-refractivity contribution in [2.75, 3.05) is 31.1 Å². The van der Waals surface area contributed by atoms with E-state index in [4.69, 9.17) is 16.9 Å². The van der Waals surface area contributed by atoms with Crippen molar-refractivity contribution >= 4 is 29.0 Å². The van der Waals surface area contributed by atoms with Crippen LogP contribution in [-0.2, 0) is 11.2 Å². The van der Waals surface area contributed by atoms with Crippen LogP contribution in [0.5, 0.6) is 0 Å². The van der Waals surface area contributed by atoms with E-state index >= 15 is 0 Å². The maximum atomic E-state index is 12.5. The minimum Gasteiger partial charge on any atom is -0.367 e. The average Bonchev–Trinajstić information content (AvgIpc) is 2.69. The fourth-order valence-corrected chi connectivity index (χ4v) is 3.37. The highest BCUT2D eigenvalue weighted by Gasteiger charge is 2.23. The Morgan fingerprint density at radius 2 is 1.74 bits per heavy atom. The second-order valence-electron chi connectivity index (χ2n) is 6.57. The van der Waals surface area contributed by atoms with Crippen molar-refractivity contribution in [3.05, 3.63) is 64.2 Å². The predicted molar refractivity (Wildman–Crippen MR) is 105 cm³/mol. The fraction of sp³-hybridized carbons (Fsp3) is 0.286. The quantitative estimate of drug-likeness (QED) is 0.762. The molecule has 0 saturated carbocycles. The maximum Gasteiger partial charge on any atom is 0.227 e. The third kappa shape index (κ3) is 4.47. The number of halogens is 1. The summed E-state index contributed by atoms with van der Waals surface area (Å²) >= 11 is 5.88. The SMILES string of the molecule is CC(=O)c1ccc(C#N)cc1N1CCN(C(=O)Cc2ccc(Cl)cc2)CC1. The third-order valence-corrected chi connectivity index (χ3v) is 5.00. The highest BCUT2D eigenvalue weighted by atomic mass is 35.5. The third-order valence-electron chi connectivity index (χ3n) is 4.75. The number of carbonyl (C=O) groups excluding carboxylic acids is 2. The normalized spacial score (nSPS) is 14.0. The Labute approximate surface area is 163 Å². The smallest absolute Gasteiger partial charge is 0.227 e. The molecule has 1 aliphatic rings. The summed E-state index contributed by atoms with van der Waals surface area (Å²) < 4.78 is 0. The number of anilines is 1. The number of Topliss-reactive ketones (excluding diaryl/α,β-unsaturated/α-hetero) is 1. The number of piperazine rings is 1. The van der Waals surface area contributed by atoms with E-state index in [1.54, 1.807) is 30.3 Å². The van der Waals surface area contributed by atoms with E-state index in [9.17, 15) is 9.59 Å². The molecule has 0 radical (unpaired) electrons. The van der Waals surface area contributed by atoms with Gasteiger partial charge in [0.1, 0.15) is 0 Å². The Bertz CT molecular complexity index is 895. The van der Waals surface area contributed by atoms with Gasteiger partial charge in [0.15, 0.2) is 5.78 Å². The van der Waals surface area contributed by atoms with Crippen LogP contribution in [0.1, 0.15) is 28.4 Å². The number of nitrogens with zero attached hydrogens (tertiary/aromatic N) is 3. The van der Waals surface area contributed by atoms with Gasteiger partial charge in [-0.05, 0) is 42.8 Å². The minimum absolute atomic E-state index is 0.0317. The Balaban J connectivity index is 1.67. The molecule has 2 aromatic rings.